The van der Waals surface area contributed by atoms with E-state index < -0.39 is 6.09 Å². The molecule has 1 N–H and O–H groups in total. The summed E-state index contributed by atoms with van der Waals surface area (Å²) in [5.41, 5.74) is 0. The van der Waals surface area contributed by atoms with Crippen molar-refractivity contribution in [2.75, 3.05) is 70.6 Å². The number of carbonyl (C=O) groups is 4. The Labute approximate surface area is 388 Å². The first-order chi connectivity index (χ1) is 30.4. The third kappa shape index (κ3) is 33.8. The van der Waals surface area contributed by atoms with Gasteiger partial charge in [0.25, 0.3) is 0 Å². The fourth-order valence-corrected chi connectivity index (χ4v) is 9.83. The van der Waals surface area contributed by atoms with Gasteiger partial charge >= 0.3 is 18.0 Å². The molecule has 2 unspecified atom stereocenters. The van der Waals surface area contributed by atoms with E-state index in [1.807, 2.05) is 0 Å². The lowest BCUT2D eigenvalue weighted by Crippen LogP contribution is -2.38. The average molecular weight is 914 g/mol. The summed E-state index contributed by atoms with van der Waals surface area (Å²) >= 11 is 0. The van der Waals surface area contributed by atoms with E-state index >= 15 is 0 Å². The number of unbranched alkanes of at least 4 members (excludes halogenated alkanes) is 16. The van der Waals surface area contributed by atoms with Gasteiger partial charge in [-0.3, -0.25) is 14.4 Å². The number of nitrogens with zero attached hydrogens (tertiary/aromatic N) is 2. The second kappa shape index (κ2) is 43.2. The predicted molar refractivity (Wildman–Crippen MR) is 263 cm³/mol. The first-order valence-corrected chi connectivity index (χ1v) is 28.3. The van der Waals surface area contributed by atoms with Crippen LogP contribution in [0.3, 0.4) is 0 Å². The Balaban J connectivity index is 2.70. The molecule has 0 aromatic heterocycles. The van der Waals surface area contributed by atoms with Gasteiger partial charge in [0, 0.05) is 31.0 Å². The zero-order valence-electron chi connectivity index (χ0n) is 40.5. The third-order valence-corrected chi connectivity index (χ3v) is 14.5. The second-order valence-corrected chi connectivity index (χ2v) is 20.3. The molecule has 2 amide bonds. The van der Waals surface area contributed by atoms with Gasteiger partial charge in [-0.15, -0.1) is 0 Å². The molecule has 10 nitrogen and oxygen atoms in total. The molecule has 12 heteroatoms. The molecule has 0 spiro atoms. The SMILES string of the molecule is CCCCCCCCC(CCCCCC)C(=O)OCCN(CCOC(=O)C(CCCCCC)CCCCCCCC)C(=O)OCCSSCCNC(=O)CCN1CCCCCC1. The molecule has 1 rings (SSSR count). The van der Waals surface area contributed by atoms with Crippen LogP contribution in [0, 0.1) is 11.8 Å². The molecule has 62 heavy (non-hydrogen) atoms. The Bertz CT molecular complexity index is 1030. The fourth-order valence-electron chi connectivity index (χ4n) is 8.09. The summed E-state index contributed by atoms with van der Waals surface area (Å²) in [5.74, 6) is 0.904. The average Bonchev–Trinajstić information content (AvgIpc) is 3.56. The first kappa shape index (κ1) is 58.4. The zero-order chi connectivity index (χ0) is 45.1. The molecule has 364 valence electrons. The number of amides is 2. The zero-order valence-corrected chi connectivity index (χ0v) is 42.1. The number of esters is 2. The summed E-state index contributed by atoms with van der Waals surface area (Å²) in [6.07, 6.45) is 31.6. The number of carbonyl (C=O) groups excluding carboxylic acids is 4. The van der Waals surface area contributed by atoms with Gasteiger partial charge in [-0.05, 0) is 51.6 Å². The van der Waals surface area contributed by atoms with Crippen LogP contribution < -0.4 is 5.32 Å². The van der Waals surface area contributed by atoms with Crippen molar-refractivity contribution in [3.8, 4) is 0 Å². The number of likely N-dealkylation sites (tertiary alicyclic amines) is 1. The molecule has 0 aromatic rings. The molecule has 2 atom stereocenters. The molecule has 1 aliphatic rings. The Morgan fingerprint density at radius 2 is 0.952 bits per heavy atom. The highest BCUT2D eigenvalue weighted by Gasteiger charge is 2.23. The van der Waals surface area contributed by atoms with Crippen LogP contribution in [0.2, 0.25) is 0 Å². The smallest absolute Gasteiger partial charge is 0.410 e. The minimum Gasteiger partial charge on any atom is -0.464 e. The van der Waals surface area contributed by atoms with Gasteiger partial charge < -0.3 is 29.3 Å². The van der Waals surface area contributed by atoms with Crippen LogP contribution in [-0.2, 0) is 28.6 Å². The van der Waals surface area contributed by atoms with E-state index in [1.54, 1.807) is 21.6 Å². The Morgan fingerprint density at radius 1 is 0.532 bits per heavy atom. The quantitative estimate of drug-likeness (QED) is 0.0275. The van der Waals surface area contributed by atoms with Gasteiger partial charge in [0.05, 0.1) is 24.9 Å². The van der Waals surface area contributed by atoms with Crippen molar-refractivity contribution < 1.29 is 33.4 Å². The van der Waals surface area contributed by atoms with Crippen molar-refractivity contribution in [2.45, 2.75) is 214 Å². The van der Waals surface area contributed by atoms with Crippen LogP contribution in [0.25, 0.3) is 0 Å². The number of nitrogens with one attached hydrogen (secondary N) is 1. The highest BCUT2D eigenvalue weighted by Crippen LogP contribution is 2.23. The summed E-state index contributed by atoms with van der Waals surface area (Å²) in [7, 11) is 3.26. The molecule has 1 heterocycles. The lowest BCUT2D eigenvalue weighted by atomic mass is 9.94. The Hall–Kier alpha value is -1.66. The summed E-state index contributed by atoms with van der Waals surface area (Å²) in [6.45, 7) is 13.2. The Morgan fingerprint density at radius 3 is 1.42 bits per heavy atom. The third-order valence-electron chi connectivity index (χ3n) is 12.1. The highest BCUT2D eigenvalue weighted by molar-refractivity contribution is 8.76. The van der Waals surface area contributed by atoms with Crippen LogP contribution in [0.15, 0.2) is 0 Å². The molecular formula is C50H95N3O7S2. The topological polar surface area (TPSA) is 114 Å². The molecular weight excluding hydrogens is 819 g/mol. The van der Waals surface area contributed by atoms with Crippen molar-refractivity contribution in [1.29, 1.82) is 0 Å². The van der Waals surface area contributed by atoms with E-state index in [1.165, 1.54) is 94.8 Å². The van der Waals surface area contributed by atoms with E-state index in [0.717, 1.165) is 115 Å². The molecule has 0 radical (unpaired) electrons. The van der Waals surface area contributed by atoms with E-state index in [-0.39, 0.29) is 62.6 Å². The monoisotopic (exact) mass is 914 g/mol. The number of hydrogen-bond donors (Lipinski definition) is 1. The van der Waals surface area contributed by atoms with Gasteiger partial charge in [0.2, 0.25) is 5.91 Å². The van der Waals surface area contributed by atoms with Gasteiger partial charge in [-0.25, -0.2) is 4.79 Å². The number of rotatable bonds is 42. The van der Waals surface area contributed by atoms with Crippen LogP contribution in [0.1, 0.15) is 214 Å². The molecule has 1 saturated heterocycles. The minimum atomic E-state index is -0.495. The van der Waals surface area contributed by atoms with Gasteiger partial charge in [0.15, 0.2) is 0 Å². The van der Waals surface area contributed by atoms with E-state index in [4.69, 9.17) is 14.2 Å². The van der Waals surface area contributed by atoms with Crippen molar-refractivity contribution >= 4 is 45.5 Å². The predicted octanol–water partition coefficient (Wildman–Crippen LogP) is 12.9. The van der Waals surface area contributed by atoms with E-state index in [9.17, 15) is 19.2 Å². The standard InChI is InChI=1S/C50H95N3O7S2/c1-5-9-13-17-19-25-31-45(29-23-15-11-7-3)48(55)58-40-38-53(39-41-59-49(56)46(30-24-16-12-8-4)32-26-20-18-14-10-6-2)50(57)60-42-44-62-61-43-34-51-47(54)33-37-52-35-27-21-22-28-36-52/h45-46H,5-44H2,1-4H3,(H,51,54). The molecule has 1 aliphatic heterocycles. The van der Waals surface area contributed by atoms with Gasteiger partial charge in [0.1, 0.15) is 19.8 Å². The highest BCUT2D eigenvalue weighted by atomic mass is 33.1. The molecule has 0 aromatic carbocycles. The van der Waals surface area contributed by atoms with E-state index in [2.05, 4.69) is 37.9 Å². The van der Waals surface area contributed by atoms with Crippen molar-refractivity contribution in [3.05, 3.63) is 0 Å². The van der Waals surface area contributed by atoms with Crippen molar-refractivity contribution in [3.63, 3.8) is 0 Å². The minimum absolute atomic E-state index is 0.0796. The second-order valence-electron chi connectivity index (χ2n) is 17.6. The first-order valence-electron chi connectivity index (χ1n) is 25.8. The molecule has 0 saturated carbocycles. The van der Waals surface area contributed by atoms with Gasteiger partial charge in [-0.2, -0.15) is 0 Å². The largest absolute Gasteiger partial charge is 0.464 e. The number of ether oxygens (including phenoxy) is 3. The molecule has 1 fully saturated rings. The van der Waals surface area contributed by atoms with Crippen LogP contribution in [-0.4, -0.2) is 104 Å². The van der Waals surface area contributed by atoms with Crippen LogP contribution in [0.5, 0.6) is 0 Å². The normalized spacial score (nSPS) is 14.2. The van der Waals surface area contributed by atoms with Crippen molar-refractivity contribution in [2.24, 2.45) is 11.8 Å². The number of hydrogen-bond acceptors (Lipinski definition) is 10. The van der Waals surface area contributed by atoms with E-state index in [0.29, 0.717) is 18.7 Å². The summed E-state index contributed by atoms with van der Waals surface area (Å²) < 4.78 is 17.4. The maximum Gasteiger partial charge on any atom is 0.410 e. The van der Waals surface area contributed by atoms with Crippen LogP contribution >= 0.6 is 21.6 Å². The maximum atomic E-state index is 13.4. The van der Waals surface area contributed by atoms with Crippen molar-refractivity contribution in [1.82, 2.24) is 15.1 Å². The lowest BCUT2D eigenvalue weighted by Gasteiger charge is -2.23. The summed E-state index contributed by atoms with van der Waals surface area (Å²) in [5, 5.41) is 3.04. The summed E-state index contributed by atoms with van der Waals surface area (Å²) in [4.78, 5) is 56.5. The van der Waals surface area contributed by atoms with Crippen LogP contribution in [0.4, 0.5) is 4.79 Å². The molecule has 0 aliphatic carbocycles. The van der Waals surface area contributed by atoms with Gasteiger partial charge in [-0.1, -0.05) is 191 Å². The molecule has 0 bridgehead atoms. The maximum absolute atomic E-state index is 13.4. The summed E-state index contributed by atoms with van der Waals surface area (Å²) in [6, 6.07) is 0. The lowest BCUT2D eigenvalue weighted by molar-refractivity contribution is -0.150. The fraction of sp³-hybridized carbons (Fsp3) is 0.920. The Kier molecular flexibility index (Phi) is 40.7.